The topological polar surface area (TPSA) is 86.8 Å². The van der Waals surface area contributed by atoms with Gasteiger partial charge in [-0.1, -0.05) is 47.5 Å². The van der Waals surface area contributed by atoms with Crippen LogP contribution in [0.4, 0.5) is 5.69 Å². The Morgan fingerprint density at radius 3 is 2.24 bits per heavy atom. The Balaban J connectivity index is 2.44. The summed E-state index contributed by atoms with van der Waals surface area (Å²) in [6.45, 7) is 8.61. The standard InChI is InChI=1S/C24H32ClN3O4S/c1-16(2)26-24(30)19(5)27(14-20-9-7-8-10-21(20)25)23(29)15-28(33(6,31)32)22-12-11-17(3)13-18(22)4/h7-13,16,19H,14-15H2,1-6H3,(H,26,30)/t19-/m1/s1. The summed E-state index contributed by atoms with van der Waals surface area (Å²) >= 11 is 6.31. The van der Waals surface area contributed by atoms with Crippen LogP contribution in [0, 0.1) is 13.8 Å². The maximum Gasteiger partial charge on any atom is 0.244 e. The van der Waals surface area contributed by atoms with Crippen LogP contribution in [-0.2, 0) is 26.2 Å². The molecule has 0 saturated carbocycles. The van der Waals surface area contributed by atoms with E-state index >= 15 is 0 Å². The molecule has 180 valence electrons. The summed E-state index contributed by atoms with van der Waals surface area (Å²) in [4.78, 5) is 27.6. The van der Waals surface area contributed by atoms with E-state index in [0.29, 0.717) is 16.3 Å². The molecule has 0 aliphatic rings. The average Bonchev–Trinajstić information content (AvgIpc) is 2.70. The minimum atomic E-state index is -3.77. The van der Waals surface area contributed by atoms with Crippen molar-refractivity contribution in [3.63, 3.8) is 0 Å². The summed E-state index contributed by atoms with van der Waals surface area (Å²) in [6, 6.07) is 11.4. The van der Waals surface area contributed by atoms with Crippen molar-refractivity contribution in [1.82, 2.24) is 10.2 Å². The van der Waals surface area contributed by atoms with E-state index in [4.69, 9.17) is 11.6 Å². The van der Waals surface area contributed by atoms with Crippen LogP contribution in [0.3, 0.4) is 0 Å². The Bertz CT molecular complexity index is 1120. The molecule has 2 aromatic carbocycles. The van der Waals surface area contributed by atoms with Gasteiger partial charge in [-0.05, 0) is 57.9 Å². The Labute approximate surface area is 201 Å². The van der Waals surface area contributed by atoms with Gasteiger partial charge in [0.15, 0.2) is 0 Å². The SMILES string of the molecule is Cc1ccc(N(CC(=O)N(Cc2ccccc2Cl)[C@H](C)C(=O)NC(C)C)S(C)(=O)=O)c(C)c1. The highest BCUT2D eigenvalue weighted by atomic mass is 35.5. The van der Waals surface area contributed by atoms with Gasteiger partial charge in [0.2, 0.25) is 21.8 Å². The zero-order valence-corrected chi connectivity index (χ0v) is 21.5. The largest absolute Gasteiger partial charge is 0.352 e. The van der Waals surface area contributed by atoms with E-state index in [1.54, 1.807) is 50.2 Å². The molecule has 0 radical (unpaired) electrons. The third-order valence-electron chi connectivity index (χ3n) is 5.20. The zero-order valence-electron chi connectivity index (χ0n) is 19.9. The summed E-state index contributed by atoms with van der Waals surface area (Å²) in [5, 5.41) is 3.27. The van der Waals surface area contributed by atoms with Crippen LogP contribution < -0.4 is 9.62 Å². The molecule has 2 aromatic rings. The highest BCUT2D eigenvalue weighted by Crippen LogP contribution is 2.25. The van der Waals surface area contributed by atoms with Crippen LogP contribution in [0.5, 0.6) is 0 Å². The van der Waals surface area contributed by atoms with Gasteiger partial charge in [-0.25, -0.2) is 8.42 Å². The summed E-state index contributed by atoms with van der Waals surface area (Å²) in [6.07, 6.45) is 1.06. The number of halogens is 1. The van der Waals surface area contributed by atoms with Crippen molar-refractivity contribution in [2.45, 2.75) is 53.2 Å². The van der Waals surface area contributed by atoms with Crippen molar-refractivity contribution < 1.29 is 18.0 Å². The van der Waals surface area contributed by atoms with Gasteiger partial charge in [-0.3, -0.25) is 13.9 Å². The lowest BCUT2D eigenvalue weighted by atomic mass is 10.1. The first-order valence-electron chi connectivity index (χ1n) is 10.7. The smallest absolute Gasteiger partial charge is 0.244 e. The molecule has 1 N–H and O–H groups in total. The summed E-state index contributed by atoms with van der Waals surface area (Å²) in [7, 11) is -3.77. The monoisotopic (exact) mass is 493 g/mol. The summed E-state index contributed by atoms with van der Waals surface area (Å²) in [5.74, 6) is -0.838. The molecule has 9 heteroatoms. The first-order valence-corrected chi connectivity index (χ1v) is 12.9. The predicted octanol–water partition coefficient (Wildman–Crippen LogP) is 3.66. The van der Waals surface area contributed by atoms with Crippen molar-refractivity contribution in [2.24, 2.45) is 0 Å². The molecule has 1 atom stereocenters. The first kappa shape index (κ1) is 26.7. The number of anilines is 1. The van der Waals surface area contributed by atoms with Crippen LogP contribution in [-0.4, -0.2) is 50.0 Å². The first-order chi connectivity index (χ1) is 15.3. The van der Waals surface area contributed by atoms with Crippen molar-refractivity contribution >= 4 is 39.1 Å². The number of carbonyl (C=O) groups excluding carboxylic acids is 2. The molecule has 0 saturated heterocycles. The molecule has 2 amide bonds. The Morgan fingerprint density at radius 1 is 1.06 bits per heavy atom. The summed E-state index contributed by atoms with van der Waals surface area (Å²) in [5.41, 5.74) is 2.80. The quantitative estimate of drug-likeness (QED) is 0.577. The second-order valence-electron chi connectivity index (χ2n) is 8.51. The molecule has 0 aliphatic heterocycles. The molecular formula is C24H32ClN3O4S. The molecule has 33 heavy (non-hydrogen) atoms. The van der Waals surface area contributed by atoms with Crippen LogP contribution >= 0.6 is 11.6 Å². The number of aryl methyl sites for hydroxylation is 2. The molecule has 0 bridgehead atoms. The molecule has 0 unspecified atom stereocenters. The highest BCUT2D eigenvalue weighted by molar-refractivity contribution is 7.92. The van der Waals surface area contributed by atoms with E-state index in [0.717, 1.165) is 21.7 Å². The molecule has 0 fully saturated rings. The number of hydrogen-bond donors (Lipinski definition) is 1. The summed E-state index contributed by atoms with van der Waals surface area (Å²) < 4.78 is 26.4. The normalized spacial score (nSPS) is 12.4. The van der Waals surface area contributed by atoms with Crippen molar-refractivity contribution in [3.05, 3.63) is 64.2 Å². The molecule has 0 spiro atoms. The van der Waals surface area contributed by atoms with E-state index in [1.807, 2.05) is 26.8 Å². The second-order valence-corrected chi connectivity index (χ2v) is 10.8. The van der Waals surface area contributed by atoms with Gasteiger partial charge in [0.25, 0.3) is 0 Å². The van der Waals surface area contributed by atoms with Crippen LogP contribution in [0.25, 0.3) is 0 Å². The number of sulfonamides is 1. The lowest BCUT2D eigenvalue weighted by molar-refractivity contribution is -0.139. The minimum absolute atomic E-state index is 0.0651. The maximum absolute atomic E-state index is 13.5. The third-order valence-corrected chi connectivity index (χ3v) is 6.69. The minimum Gasteiger partial charge on any atom is -0.352 e. The molecule has 0 heterocycles. The van der Waals surface area contributed by atoms with E-state index in [9.17, 15) is 18.0 Å². The molecule has 0 aromatic heterocycles. The van der Waals surface area contributed by atoms with E-state index in [2.05, 4.69) is 5.32 Å². The number of nitrogens with zero attached hydrogens (tertiary/aromatic N) is 2. The van der Waals surface area contributed by atoms with Crippen molar-refractivity contribution in [2.75, 3.05) is 17.1 Å². The lowest BCUT2D eigenvalue weighted by Crippen LogP contribution is -2.52. The fraction of sp³-hybridized carbons (Fsp3) is 0.417. The number of carbonyl (C=O) groups is 2. The van der Waals surface area contributed by atoms with Crippen molar-refractivity contribution in [1.29, 1.82) is 0 Å². The van der Waals surface area contributed by atoms with Crippen LogP contribution in [0.2, 0.25) is 5.02 Å². The van der Waals surface area contributed by atoms with Gasteiger partial charge in [0.05, 0.1) is 11.9 Å². The maximum atomic E-state index is 13.5. The molecule has 0 aliphatic carbocycles. The van der Waals surface area contributed by atoms with Crippen LogP contribution in [0.15, 0.2) is 42.5 Å². The fourth-order valence-corrected chi connectivity index (χ4v) is 4.58. The van der Waals surface area contributed by atoms with Gasteiger partial charge in [0.1, 0.15) is 12.6 Å². The number of nitrogens with one attached hydrogen (secondary N) is 1. The zero-order chi connectivity index (χ0) is 24.9. The van der Waals surface area contributed by atoms with E-state index in [-0.39, 0.29) is 18.5 Å². The average molecular weight is 494 g/mol. The molecule has 2 rings (SSSR count). The van der Waals surface area contributed by atoms with Gasteiger partial charge >= 0.3 is 0 Å². The lowest BCUT2D eigenvalue weighted by Gasteiger charge is -2.32. The molecular weight excluding hydrogens is 462 g/mol. The Kier molecular flexibility index (Phi) is 8.91. The number of amides is 2. The number of hydrogen-bond acceptors (Lipinski definition) is 4. The van der Waals surface area contributed by atoms with Crippen LogP contribution in [0.1, 0.15) is 37.5 Å². The number of benzene rings is 2. The molecule has 7 nitrogen and oxygen atoms in total. The van der Waals surface area contributed by atoms with Gasteiger partial charge < -0.3 is 10.2 Å². The second kappa shape index (κ2) is 11.0. The fourth-order valence-electron chi connectivity index (χ4n) is 3.48. The van der Waals surface area contributed by atoms with Gasteiger partial charge in [-0.2, -0.15) is 0 Å². The number of rotatable bonds is 9. The Hall–Kier alpha value is -2.58. The third kappa shape index (κ3) is 7.20. The highest BCUT2D eigenvalue weighted by Gasteiger charge is 2.31. The van der Waals surface area contributed by atoms with Gasteiger partial charge in [-0.15, -0.1) is 0 Å². The Morgan fingerprint density at radius 2 is 1.70 bits per heavy atom. The van der Waals surface area contributed by atoms with Gasteiger partial charge in [0, 0.05) is 17.6 Å². The van der Waals surface area contributed by atoms with E-state index < -0.39 is 28.5 Å². The predicted molar refractivity (Wildman–Crippen MR) is 133 cm³/mol. The van der Waals surface area contributed by atoms with Crippen molar-refractivity contribution in [3.8, 4) is 0 Å². The van der Waals surface area contributed by atoms with E-state index in [1.165, 1.54) is 4.90 Å².